The Labute approximate surface area is 188 Å². The summed E-state index contributed by atoms with van der Waals surface area (Å²) >= 11 is 0. The molecule has 1 unspecified atom stereocenters. The van der Waals surface area contributed by atoms with E-state index in [0.29, 0.717) is 11.3 Å². The van der Waals surface area contributed by atoms with Crippen molar-refractivity contribution in [2.24, 2.45) is 0 Å². The van der Waals surface area contributed by atoms with Crippen LogP contribution in [0.5, 0.6) is 11.5 Å². The second kappa shape index (κ2) is 8.74. The zero-order chi connectivity index (χ0) is 23.7. The molecule has 8 heteroatoms. The Bertz CT molecular complexity index is 1290. The number of aliphatic hydroxyl groups excluding tert-OH is 1. The van der Waals surface area contributed by atoms with Crippen LogP contribution < -0.4 is 14.4 Å². The molecule has 1 amide bonds. The summed E-state index contributed by atoms with van der Waals surface area (Å²) < 4.78 is 38.5. The van der Waals surface area contributed by atoms with Gasteiger partial charge in [0.25, 0.3) is 11.7 Å². The second-order valence-electron chi connectivity index (χ2n) is 7.27. The number of aliphatic hydroxyl groups is 1. The van der Waals surface area contributed by atoms with E-state index in [4.69, 9.17) is 9.47 Å². The van der Waals surface area contributed by atoms with Crippen molar-refractivity contribution in [3.05, 3.63) is 95.1 Å². The lowest BCUT2D eigenvalue weighted by atomic mass is 9.94. The SMILES string of the molecule is COc1cccc(C2/C(=C(\O)c3cc(F)ccc3OC)C(=O)C(=O)N2c2cccc(F)c2)c1. The molecular formula is C25H19F2NO5. The average Bonchev–Trinajstić information content (AvgIpc) is 3.09. The number of ether oxygens (including phenoxy) is 2. The van der Waals surface area contributed by atoms with Crippen molar-refractivity contribution in [1.82, 2.24) is 0 Å². The van der Waals surface area contributed by atoms with E-state index in [2.05, 4.69) is 0 Å². The number of carbonyl (C=O) groups is 2. The molecule has 0 radical (unpaired) electrons. The van der Waals surface area contributed by atoms with Crippen LogP contribution in [0.3, 0.4) is 0 Å². The zero-order valence-corrected chi connectivity index (χ0v) is 17.7. The molecule has 0 bridgehead atoms. The van der Waals surface area contributed by atoms with E-state index in [9.17, 15) is 23.5 Å². The van der Waals surface area contributed by atoms with E-state index in [0.717, 1.165) is 23.1 Å². The molecule has 3 aromatic carbocycles. The van der Waals surface area contributed by atoms with Gasteiger partial charge in [0, 0.05) is 5.69 Å². The van der Waals surface area contributed by atoms with Crippen molar-refractivity contribution in [2.45, 2.75) is 6.04 Å². The molecule has 1 aliphatic heterocycles. The van der Waals surface area contributed by atoms with Gasteiger partial charge in [0.1, 0.15) is 28.9 Å². The van der Waals surface area contributed by atoms with Crippen LogP contribution in [0.25, 0.3) is 5.76 Å². The van der Waals surface area contributed by atoms with Crippen molar-refractivity contribution < 1.29 is 33.0 Å². The summed E-state index contributed by atoms with van der Waals surface area (Å²) in [5.74, 6) is -3.31. The lowest BCUT2D eigenvalue weighted by Gasteiger charge is -2.26. The van der Waals surface area contributed by atoms with Gasteiger partial charge in [-0.1, -0.05) is 18.2 Å². The highest BCUT2D eigenvalue weighted by atomic mass is 19.1. The summed E-state index contributed by atoms with van der Waals surface area (Å²) in [5, 5.41) is 11.2. The van der Waals surface area contributed by atoms with Gasteiger partial charge in [-0.15, -0.1) is 0 Å². The van der Waals surface area contributed by atoms with Crippen LogP contribution in [-0.2, 0) is 9.59 Å². The van der Waals surface area contributed by atoms with E-state index in [-0.39, 0.29) is 22.6 Å². The molecule has 1 N–H and O–H groups in total. The highest BCUT2D eigenvalue weighted by Crippen LogP contribution is 2.44. The van der Waals surface area contributed by atoms with Crippen molar-refractivity contribution in [3.63, 3.8) is 0 Å². The summed E-state index contributed by atoms with van der Waals surface area (Å²) in [6, 6.07) is 14.1. The molecule has 4 rings (SSSR count). The normalized spacial score (nSPS) is 17.3. The van der Waals surface area contributed by atoms with Crippen LogP contribution in [0.1, 0.15) is 17.2 Å². The number of hydrogen-bond acceptors (Lipinski definition) is 5. The van der Waals surface area contributed by atoms with E-state index in [1.807, 2.05) is 0 Å². The first-order valence-corrected chi connectivity index (χ1v) is 9.90. The first-order chi connectivity index (χ1) is 15.8. The van der Waals surface area contributed by atoms with Gasteiger partial charge in [-0.25, -0.2) is 8.78 Å². The molecule has 1 fully saturated rings. The van der Waals surface area contributed by atoms with E-state index in [1.54, 1.807) is 24.3 Å². The Balaban J connectivity index is 2.00. The number of halogens is 2. The van der Waals surface area contributed by atoms with Crippen molar-refractivity contribution in [2.75, 3.05) is 19.1 Å². The van der Waals surface area contributed by atoms with Crippen molar-refractivity contribution in [1.29, 1.82) is 0 Å². The summed E-state index contributed by atoms with van der Waals surface area (Å²) in [4.78, 5) is 27.3. The first-order valence-electron chi connectivity index (χ1n) is 9.90. The maximum atomic E-state index is 14.0. The second-order valence-corrected chi connectivity index (χ2v) is 7.27. The monoisotopic (exact) mass is 451 g/mol. The minimum atomic E-state index is -1.13. The molecule has 3 aromatic rings. The quantitative estimate of drug-likeness (QED) is 0.348. The van der Waals surface area contributed by atoms with Gasteiger partial charge in [0.05, 0.1) is 31.4 Å². The van der Waals surface area contributed by atoms with Crippen LogP contribution in [0.4, 0.5) is 14.5 Å². The lowest BCUT2D eigenvalue weighted by molar-refractivity contribution is -0.132. The number of benzene rings is 3. The van der Waals surface area contributed by atoms with E-state index >= 15 is 0 Å². The smallest absolute Gasteiger partial charge is 0.300 e. The Morgan fingerprint density at radius 1 is 0.909 bits per heavy atom. The van der Waals surface area contributed by atoms with Crippen LogP contribution in [-0.4, -0.2) is 31.0 Å². The maximum Gasteiger partial charge on any atom is 0.300 e. The molecule has 6 nitrogen and oxygen atoms in total. The standard InChI is InChI=1S/C25H19F2NO5/c1-32-18-8-3-5-14(11-18)22-21(23(29)19-13-16(27)9-10-20(19)33-2)24(30)25(31)28(22)17-7-4-6-15(26)12-17/h3-13,22,29H,1-2H3/b23-21+. The fourth-order valence-corrected chi connectivity index (χ4v) is 3.86. The van der Waals surface area contributed by atoms with Crippen LogP contribution in [0, 0.1) is 11.6 Å². The van der Waals surface area contributed by atoms with Crippen molar-refractivity contribution in [3.8, 4) is 11.5 Å². The van der Waals surface area contributed by atoms with E-state index < -0.39 is 35.1 Å². The van der Waals surface area contributed by atoms with E-state index in [1.165, 1.54) is 38.5 Å². The molecular weight excluding hydrogens is 432 g/mol. The third kappa shape index (κ3) is 3.91. The molecule has 1 saturated heterocycles. The van der Waals surface area contributed by atoms with Gasteiger partial charge in [0.15, 0.2) is 0 Å². The van der Waals surface area contributed by atoms with Crippen molar-refractivity contribution >= 4 is 23.1 Å². The Morgan fingerprint density at radius 2 is 1.64 bits per heavy atom. The predicted octanol–water partition coefficient (Wildman–Crippen LogP) is 4.61. The average molecular weight is 451 g/mol. The van der Waals surface area contributed by atoms with Gasteiger partial charge < -0.3 is 14.6 Å². The Kier molecular flexibility index (Phi) is 5.83. The highest BCUT2D eigenvalue weighted by molar-refractivity contribution is 6.51. The molecule has 0 aromatic heterocycles. The molecule has 0 spiro atoms. The molecule has 168 valence electrons. The molecule has 1 heterocycles. The van der Waals surface area contributed by atoms with Crippen LogP contribution >= 0.6 is 0 Å². The van der Waals surface area contributed by atoms with Gasteiger partial charge in [-0.05, 0) is 54.1 Å². The Hall–Kier alpha value is -4.20. The molecule has 0 aliphatic carbocycles. The maximum absolute atomic E-state index is 14.0. The summed E-state index contributed by atoms with van der Waals surface area (Å²) in [7, 11) is 2.79. The van der Waals surface area contributed by atoms with Crippen LogP contribution in [0.2, 0.25) is 0 Å². The number of nitrogens with zero attached hydrogens (tertiary/aromatic N) is 1. The van der Waals surface area contributed by atoms with Gasteiger partial charge in [-0.2, -0.15) is 0 Å². The number of ketones is 1. The fraction of sp³-hybridized carbons (Fsp3) is 0.120. The predicted molar refractivity (Wildman–Crippen MR) is 117 cm³/mol. The number of hydrogen-bond donors (Lipinski definition) is 1. The molecule has 33 heavy (non-hydrogen) atoms. The third-order valence-electron chi connectivity index (χ3n) is 5.36. The lowest BCUT2D eigenvalue weighted by Crippen LogP contribution is -2.29. The minimum Gasteiger partial charge on any atom is -0.507 e. The Morgan fingerprint density at radius 3 is 2.33 bits per heavy atom. The van der Waals surface area contributed by atoms with Gasteiger partial charge >= 0.3 is 0 Å². The molecule has 0 saturated carbocycles. The zero-order valence-electron chi connectivity index (χ0n) is 17.7. The number of methoxy groups -OCH3 is 2. The largest absolute Gasteiger partial charge is 0.507 e. The molecule has 1 atom stereocenters. The summed E-state index contributed by atoms with van der Waals surface area (Å²) in [5.41, 5.74) is 0.161. The van der Waals surface area contributed by atoms with Crippen LogP contribution in [0.15, 0.2) is 72.3 Å². The third-order valence-corrected chi connectivity index (χ3v) is 5.36. The highest BCUT2D eigenvalue weighted by Gasteiger charge is 2.47. The minimum absolute atomic E-state index is 0.0948. The number of carbonyl (C=O) groups excluding carboxylic acids is 2. The molecule has 1 aliphatic rings. The number of Topliss-reactive ketones (excluding diaryl/α,β-unsaturated/α-hetero) is 1. The number of anilines is 1. The summed E-state index contributed by atoms with van der Waals surface area (Å²) in [6.07, 6.45) is 0. The number of amides is 1. The first kappa shape index (κ1) is 22.0. The number of rotatable bonds is 5. The van der Waals surface area contributed by atoms with Gasteiger partial charge in [-0.3, -0.25) is 14.5 Å². The topological polar surface area (TPSA) is 76.1 Å². The fourth-order valence-electron chi connectivity index (χ4n) is 3.86. The van der Waals surface area contributed by atoms with Gasteiger partial charge in [0.2, 0.25) is 0 Å². The summed E-state index contributed by atoms with van der Waals surface area (Å²) in [6.45, 7) is 0.